The number of methoxy groups -OCH3 is 2. The zero-order valence-electron chi connectivity index (χ0n) is 16.4. The van der Waals surface area contributed by atoms with E-state index in [2.05, 4.69) is 13.0 Å². The summed E-state index contributed by atoms with van der Waals surface area (Å²) in [5.74, 6) is 0.134. The minimum Gasteiger partial charge on any atom is -0.469 e. The Balaban J connectivity index is 1.97. The Kier molecular flexibility index (Phi) is 5.22. The monoisotopic (exact) mass is 364 g/mol. The fourth-order valence-electron chi connectivity index (χ4n) is 6.09. The minimum atomic E-state index is -0.653. The van der Waals surface area contributed by atoms with Gasteiger partial charge in [0, 0.05) is 6.42 Å². The van der Waals surface area contributed by atoms with Crippen molar-refractivity contribution in [2.45, 2.75) is 64.9 Å². The van der Waals surface area contributed by atoms with Crippen LogP contribution in [0.25, 0.3) is 0 Å². The molecule has 3 rings (SSSR count). The largest absolute Gasteiger partial charge is 0.469 e. The zero-order valence-corrected chi connectivity index (χ0v) is 16.4. The van der Waals surface area contributed by atoms with Gasteiger partial charge in [-0.05, 0) is 68.6 Å². The number of esters is 2. The molecular weight excluding hydrogens is 332 g/mol. The molecule has 3 aliphatic rings. The third-order valence-electron chi connectivity index (χ3n) is 7.73. The van der Waals surface area contributed by atoms with Crippen LogP contribution in [-0.4, -0.2) is 37.4 Å². The Morgan fingerprint density at radius 1 is 1.19 bits per heavy atom. The second-order valence-corrected chi connectivity index (χ2v) is 8.88. The van der Waals surface area contributed by atoms with Gasteiger partial charge in [-0.25, -0.2) is 0 Å². The van der Waals surface area contributed by atoms with Crippen LogP contribution < -0.4 is 0 Å². The summed E-state index contributed by atoms with van der Waals surface area (Å²) in [6.07, 6.45) is 7.40. The first-order valence-electron chi connectivity index (χ1n) is 9.79. The van der Waals surface area contributed by atoms with Gasteiger partial charge in [0.15, 0.2) is 0 Å². The van der Waals surface area contributed by atoms with E-state index in [-0.39, 0.29) is 41.7 Å². The van der Waals surface area contributed by atoms with E-state index >= 15 is 0 Å². The highest BCUT2D eigenvalue weighted by Gasteiger charge is 2.57. The van der Waals surface area contributed by atoms with Gasteiger partial charge in [0.25, 0.3) is 0 Å². The molecular formula is C21H32O5. The van der Waals surface area contributed by atoms with E-state index in [4.69, 9.17) is 9.47 Å². The van der Waals surface area contributed by atoms with Crippen LogP contribution in [0.1, 0.15) is 58.8 Å². The second-order valence-electron chi connectivity index (χ2n) is 8.88. The first-order chi connectivity index (χ1) is 12.3. The molecule has 5 unspecified atom stereocenters. The number of aliphatic hydroxyl groups excluding tert-OH is 1. The molecule has 2 fully saturated rings. The lowest BCUT2D eigenvalue weighted by Gasteiger charge is -2.57. The van der Waals surface area contributed by atoms with E-state index in [0.717, 1.165) is 38.5 Å². The Morgan fingerprint density at radius 2 is 1.92 bits per heavy atom. The van der Waals surface area contributed by atoms with Crippen LogP contribution in [0, 0.1) is 28.6 Å². The highest BCUT2D eigenvalue weighted by atomic mass is 16.5. The van der Waals surface area contributed by atoms with Crippen molar-refractivity contribution < 1.29 is 24.2 Å². The standard InChI is InChI=1S/C21H32O5/c1-20-9-7-14(22)11-13(20)5-6-15-16(20)8-10-21(2,19(24)26-4)17(15)12-18(23)25-3/h5,14-17,22H,6-12H2,1-4H3/t14?,15?,16?,17?,20?,21-/m0/s1. The van der Waals surface area contributed by atoms with Crippen LogP contribution >= 0.6 is 0 Å². The van der Waals surface area contributed by atoms with E-state index in [1.54, 1.807) is 0 Å². The van der Waals surface area contributed by atoms with Gasteiger partial charge in [-0.2, -0.15) is 0 Å². The van der Waals surface area contributed by atoms with E-state index in [1.807, 2.05) is 6.92 Å². The van der Waals surface area contributed by atoms with Gasteiger partial charge in [-0.3, -0.25) is 9.59 Å². The van der Waals surface area contributed by atoms with Gasteiger partial charge in [-0.1, -0.05) is 18.6 Å². The molecule has 0 heterocycles. The average Bonchev–Trinajstić information content (AvgIpc) is 2.63. The fourth-order valence-corrected chi connectivity index (χ4v) is 6.09. The summed E-state index contributed by atoms with van der Waals surface area (Å²) in [6, 6.07) is 0. The molecule has 5 heteroatoms. The van der Waals surface area contributed by atoms with Crippen LogP contribution in [0.5, 0.6) is 0 Å². The van der Waals surface area contributed by atoms with Crippen LogP contribution in [0.15, 0.2) is 11.6 Å². The molecule has 1 N–H and O–H groups in total. The molecule has 0 radical (unpaired) electrons. The molecule has 0 saturated heterocycles. The first-order valence-corrected chi connectivity index (χ1v) is 9.79. The van der Waals surface area contributed by atoms with Gasteiger partial charge < -0.3 is 14.6 Å². The van der Waals surface area contributed by atoms with Crippen molar-refractivity contribution >= 4 is 11.9 Å². The van der Waals surface area contributed by atoms with Crippen molar-refractivity contribution in [3.63, 3.8) is 0 Å². The highest BCUT2D eigenvalue weighted by Crippen LogP contribution is 2.62. The number of hydrogen-bond acceptors (Lipinski definition) is 5. The summed E-state index contributed by atoms with van der Waals surface area (Å²) in [6.45, 7) is 4.27. The van der Waals surface area contributed by atoms with Crippen molar-refractivity contribution in [3.05, 3.63) is 11.6 Å². The lowest BCUT2D eigenvalue weighted by Crippen LogP contribution is -2.53. The summed E-state index contributed by atoms with van der Waals surface area (Å²) in [5.41, 5.74) is 0.782. The van der Waals surface area contributed by atoms with Gasteiger partial charge >= 0.3 is 11.9 Å². The van der Waals surface area contributed by atoms with Crippen LogP contribution in [0.3, 0.4) is 0 Å². The first kappa shape index (κ1) is 19.4. The lowest BCUT2D eigenvalue weighted by molar-refractivity contribution is -0.167. The number of hydrogen-bond donors (Lipinski definition) is 1. The molecule has 146 valence electrons. The smallest absolute Gasteiger partial charge is 0.311 e. The maximum atomic E-state index is 12.6. The van der Waals surface area contributed by atoms with E-state index in [1.165, 1.54) is 19.8 Å². The van der Waals surface area contributed by atoms with Crippen molar-refractivity contribution in [2.24, 2.45) is 28.6 Å². The maximum absolute atomic E-state index is 12.6. The predicted molar refractivity (Wildman–Crippen MR) is 97.1 cm³/mol. The van der Waals surface area contributed by atoms with Gasteiger partial charge in [0.2, 0.25) is 0 Å². The molecule has 5 nitrogen and oxygen atoms in total. The number of carbonyl (C=O) groups is 2. The van der Waals surface area contributed by atoms with Crippen LogP contribution in [0.2, 0.25) is 0 Å². The molecule has 3 aliphatic carbocycles. The molecule has 26 heavy (non-hydrogen) atoms. The molecule has 0 aliphatic heterocycles. The number of fused-ring (bicyclic) bond motifs is 3. The molecule has 6 atom stereocenters. The summed E-state index contributed by atoms with van der Waals surface area (Å²) in [5, 5.41) is 10.1. The van der Waals surface area contributed by atoms with Crippen molar-refractivity contribution in [1.29, 1.82) is 0 Å². The summed E-state index contributed by atoms with van der Waals surface area (Å²) < 4.78 is 10.1. The molecule has 0 amide bonds. The topological polar surface area (TPSA) is 72.8 Å². The maximum Gasteiger partial charge on any atom is 0.311 e. The van der Waals surface area contributed by atoms with E-state index < -0.39 is 5.41 Å². The predicted octanol–water partition coefficient (Wildman–Crippen LogP) is 3.25. The Morgan fingerprint density at radius 3 is 2.58 bits per heavy atom. The Bertz CT molecular complexity index is 612. The summed E-state index contributed by atoms with van der Waals surface area (Å²) in [4.78, 5) is 24.8. The molecule has 0 aromatic carbocycles. The highest BCUT2D eigenvalue weighted by molar-refractivity contribution is 5.78. The normalized spacial score (nSPS) is 42.1. The van der Waals surface area contributed by atoms with Crippen molar-refractivity contribution in [3.8, 4) is 0 Å². The molecule has 0 aromatic heterocycles. The number of allylic oxidation sites excluding steroid dienone is 1. The van der Waals surface area contributed by atoms with Gasteiger partial charge in [0.05, 0.1) is 25.7 Å². The second kappa shape index (κ2) is 6.99. The van der Waals surface area contributed by atoms with Gasteiger partial charge in [-0.15, -0.1) is 0 Å². The van der Waals surface area contributed by atoms with Gasteiger partial charge in [0.1, 0.15) is 0 Å². The summed E-state index contributed by atoms with van der Waals surface area (Å²) in [7, 11) is 2.83. The van der Waals surface area contributed by atoms with E-state index in [9.17, 15) is 14.7 Å². The van der Waals surface area contributed by atoms with Crippen LogP contribution in [-0.2, 0) is 19.1 Å². The zero-order chi connectivity index (χ0) is 19.1. The molecule has 0 bridgehead atoms. The fraction of sp³-hybridized carbons (Fsp3) is 0.810. The molecule has 0 spiro atoms. The SMILES string of the molecule is COC(=O)CC1C2CC=C3CC(O)CCC3(C)C2CC[C@]1(C)C(=O)OC. The lowest BCUT2D eigenvalue weighted by atomic mass is 9.47. The van der Waals surface area contributed by atoms with Crippen LogP contribution in [0.4, 0.5) is 0 Å². The van der Waals surface area contributed by atoms with E-state index in [0.29, 0.717) is 5.92 Å². The molecule has 0 aromatic rings. The van der Waals surface area contributed by atoms with Crippen molar-refractivity contribution in [1.82, 2.24) is 0 Å². The Hall–Kier alpha value is -1.36. The quantitative estimate of drug-likeness (QED) is 0.615. The Labute approximate surface area is 156 Å². The number of aliphatic hydroxyl groups is 1. The average molecular weight is 364 g/mol. The molecule has 2 saturated carbocycles. The third-order valence-corrected chi connectivity index (χ3v) is 7.73. The number of rotatable bonds is 3. The third kappa shape index (κ3) is 2.98. The minimum absolute atomic E-state index is 0.0635. The summed E-state index contributed by atoms with van der Waals surface area (Å²) >= 11 is 0. The number of ether oxygens (including phenoxy) is 2. The number of carbonyl (C=O) groups excluding carboxylic acids is 2. The van der Waals surface area contributed by atoms with Crippen molar-refractivity contribution in [2.75, 3.05) is 14.2 Å².